The minimum Gasteiger partial charge on any atom is -0.316 e. The van der Waals surface area contributed by atoms with Crippen molar-refractivity contribution in [3.8, 4) is 0 Å². The van der Waals surface area contributed by atoms with Gasteiger partial charge in [0.1, 0.15) is 5.82 Å². The lowest BCUT2D eigenvalue weighted by atomic mass is 9.98. The summed E-state index contributed by atoms with van der Waals surface area (Å²) in [4.78, 5) is 0.831. The van der Waals surface area contributed by atoms with Gasteiger partial charge < -0.3 is 5.32 Å². The monoisotopic (exact) mass is 237 g/mol. The van der Waals surface area contributed by atoms with Crippen LogP contribution >= 0.6 is 11.8 Å². The normalized spacial score (nSPS) is 24.9. The molecule has 1 aromatic carbocycles. The third kappa shape index (κ3) is 2.25. The van der Waals surface area contributed by atoms with Gasteiger partial charge in [0.05, 0.1) is 0 Å². The lowest BCUT2D eigenvalue weighted by Gasteiger charge is -2.10. The molecule has 1 aliphatic carbocycles. The smallest absolute Gasteiger partial charge is 0.137 e. The van der Waals surface area contributed by atoms with Crippen molar-refractivity contribution in [1.29, 1.82) is 0 Å². The molecule has 1 saturated carbocycles. The molecule has 3 heteroatoms. The van der Waals surface area contributed by atoms with Crippen LogP contribution < -0.4 is 5.32 Å². The first-order chi connectivity index (χ1) is 7.83. The van der Waals surface area contributed by atoms with Crippen LogP contribution in [0, 0.1) is 5.82 Å². The number of nitrogens with one attached hydrogen (secondary N) is 1. The molecule has 1 nitrogen and oxygen atoms in total. The van der Waals surface area contributed by atoms with Crippen molar-refractivity contribution >= 4 is 11.8 Å². The highest BCUT2D eigenvalue weighted by Gasteiger charge is 2.24. The number of thioether (sulfide) groups is 1. The standard InChI is InChI=1S/C13H16FNS/c14-12-7-9(10-5-6-15-8-10)1-4-13(12)16-11-2-3-11/h1,4,7,10-11,15H,2-3,5-6,8H2. The van der Waals surface area contributed by atoms with Crippen LogP contribution in [0.2, 0.25) is 0 Å². The number of hydrogen-bond donors (Lipinski definition) is 1. The minimum absolute atomic E-state index is 0.0266. The van der Waals surface area contributed by atoms with Crippen LogP contribution in [0.4, 0.5) is 4.39 Å². The molecule has 0 bridgehead atoms. The van der Waals surface area contributed by atoms with Crippen LogP contribution in [0.5, 0.6) is 0 Å². The molecule has 86 valence electrons. The van der Waals surface area contributed by atoms with Gasteiger partial charge in [0, 0.05) is 16.7 Å². The van der Waals surface area contributed by atoms with Gasteiger partial charge in [-0.3, -0.25) is 0 Å². The zero-order valence-corrected chi connectivity index (χ0v) is 10.0. The van der Waals surface area contributed by atoms with Crippen molar-refractivity contribution in [1.82, 2.24) is 5.32 Å². The molecular formula is C13H16FNS. The zero-order valence-electron chi connectivity index (χ0n) is 9.21. The van der Waals surface area contributed by atoms with E-state index in [0.29, 0.717) is 11.2 Å². The van der Waals surface area contributed by atoms with E-state index >= 15 is 0 Å². The fraction of sp³-hybridized carbons (Fsp3) is 0.538. The fourth-order valence-electron chi connectivity index (χ4n) is 2.17. The first-order valence-electron chi connectivity index (χ1n) is 6.00. The Labute approximate surface area is 99.8 Å². The second-order valence-corrected chi connectivity index (χ2v) is 6.04. The average Bonchev–Trinajstić information content (AvgIpc) is 2.94. The van der Waals surface area contributed by atoms with E-state index in [-0.39, 0.29) is 5.82 Å². The lowest BCUT2D eigenvalue weighted by molar-refractivity contribution is 0.595. The van der Waals surface area contributed by atoms with Gasteiger partial charge in [-0.2, -0.15) is 0 Å². The topological polar surface area (TPSA) is 12.0 Å². The van der Waals surface area contributed by atoms with Crippen molar-refractivity contribution in [2.24, 2.45) is 0 Å². The quantitative estimate of drug-likeness (QED) is 0.866. The predicted octanol–water partition coefficient (Wildman–Crippen LogP) is 3.16. The molecule has 0 amide bonds. The summed E-state index contributed by atoms with van der Waals surface area (Å²) in [6.07, 6.45) is 3.63. The lowest BCUT2D eigenvalue weighted by Crippen LogP contribution is -2.08. The van der Waals surface area contributed by atoms with E-state index in [1.54, 1.807) is 17.8 Å². The van der Waals surface area contributed by atoms with Gasteiger partial charge in [0.25, 0.3) is 0 Å². The Balaban J connectivity index is 1.77. The first kappa shape index (κ1) is 10.6. The Bertz CT molecular complexity index is 384. The maximum absolute atomic E-state index is 13.9. The van der Waals surface area contributed by atoms with E-state index in [9.17, 15) is 4.39 Å². The Hall–Kier alpha value is -0.540. The summed E-state index contributed by atoms with van der Waals surface area (Å²) >= 11 is 1.70. The summed E-state index contributed by atoms with van der Waals surface area (Å²) in [5, 5.41) is 3.99. The average molecular weight is 237 g/mol. The maximum atomic E-state index is 13.9. The van der Waals surface area contributed by atoms with Crippen LogP contribution in [-0.4, -0.2) is 18.3 Å². The third-order valence-electron chi connectivity index (χ3n) is 3.31. The van der Waals surface area contributed by atoms with Crippen molar-refractivity contribution in [2.75, 3.05) is 13.1 Å². The number of rotatable bonds is 3. The van der Waals surface area contributed by atoms with Gasteiger partial charge in [-0.25, -0.2) is 4.39 Å². The van der Waals surface area contributed by atoms with E-state index in [1.165, 1.54) is 12.8 Å². The van der Waals surface area contributed by atoms with Gasteiger partial charge in [0.15, 0.2) is 0 Å². The van der Waals surface area contributed by atoms with E-state index in [1.807, 2.05) is 6.07 Å². The number of benzene rings is 1. The largest absolute Gasteiger partial charge is 0.316 e. The van der Waals surface area contributed by atoms with Crippen LogP contribution in [0.25, 0.3) is 0 Å². The predicted molar refractivity (Wildman–Crippen MR) is 65.5 cm³/mol. The number of hydrogen-bond acceptors (Lipinski definition) is 2. The van der Waals surface area contributed by atoms with Crippen LogP contribution in [-0.2, 0) is 0 Å². The van der Waals surface area contributed by atoms with Gasteiger partial charge in [-0.1, -0.05) is 6.07 Å². The molecular weight excluding hydrogens is 221 g/mol. The van der Waals surface area contributed by atoms with Gasteiger partial charge in [0.2, 0.25) is 0 Å². The molecule has 1 aromatic rings. The Kier molecular flexibility index (Phi) is 2.90. The molecule has 1 N–H and O–H groups in total. The van der Waals surface area contributed by atoms with Crippen LogP contribution in [0.3, 0.4) is 0 Å². The number of halogens is 1. The van der Waals surface area contributed by atoms with Crippen molar-refractivity contribution < 1.29 is 4.39 Å². The van der Waals surface area contributed by atoms with Crippen LogP contribution in [0.15, 0.2) is 23.1 Å². The maximum Gasteiger partial charge on any atom is 0.137 e. The third-order valence-corrected chi connectivity index (χ3v) is 4.70. The Morgan fingerprint density at radius 1 is 1.25 bits per heavy atom. The summed E-state index contributed by atoms with van der Waals surface area (Å²) < 4.78 is 13.9. The molecule has 1 atom stereocenters. The molecule has 0 radical (unpaired) electrons. The second-order valence-electron chi connectivity index (χ2n) is 4.70. The summed E-state index contributed by atoms with van der Waals surface area (Å²) in [6, 6.07) is 5.81. The minimum atomic E-state index is -0.0266. The highest BCUT2D eigenvalue weighted by atomic mass is 32.2. The molecule has 3 rings (SSSR count). The highest BCUT2D eigenvalue weighted by Crippen LogP contribution is 2.40. The molecule has 1 aliphatic heterocycles. The van der Waals surface area contributed by atoms with Gasteiger partial charge >= 0.3 is 0 Å². The Morgan fingerprint density at radius 3 is 2.75 bits per heavy atom. The highest BCUT2D eigenvalue weighted by molar-refractivity contribution is 8.00. The van der Waals surface area contributed by atoms with Gasteiger partial charge in [-0.15, -0.1) is 11.8 Å². The molecule has 16 heavy (non-hydrogen) atoms. The molecule has 2 aliphatic rings. The SMILES string of the molecule is Fc1cc(C2CCNC2)ccc1SC1CC1. The summed E-state index contributed by atoms with van der Waals surface area (Å²) in [6.45, 7) is 2.05. The van der Waals surface area contributed by atoms with E-state index in [0.717, 1.165) is 30.0 Å². The van der Waals surface area contributed by atoms with E-state index in [4.69, 9.17) is 0 Å². The molecule has 1 heterocycles. The Morgan fingerprint density at radius 2 is 2.12 bits per heavy atom. The fourth-order valence-corrected chi connectivity index (χ4v) is 3.22. The molecule has 2 fully saturated rings. The molecule has 1 saturated heterocycles. The van der Waals surface area contributed by atoms with E-state index < -0.39 is 0 Å². The molecule has 0 aromatic heterocycles. The summed E-state index contributed by atoms with van der Waals surface area (Å²) in [7, 11) is 0. The van der Waals surface area contributed by atoms with Crippen molar-refractivity contribution in [3.05, 3.63) is 29.6 Å². The van der Waals surface area contributed by atoms with Crippen LogP contribution in [0.1, 0.15) is 30.7 Å². The summed E-state index contributed by atoms with van der Waals surface area (Å²) in [5.74, 6) is 0.482. The second kappa shape index (κ2) is 4.38. The zero-order chi connectivity index (χ0) is 11.0. The van der Waals surface area contributed by atoms with Crippen molar-refractivity contribution in [3.63, 3.8) is 0 Å². The van der Waals surface area contributed by atoms with E-state index in [2.05, 4.69) is 11.4 Å². The summed E-state index contributed by atoms with van der Waals surface area (Å²) in [5.41, 5.74) is 1.16. The molecule has 1 unspecified atom stereocenters. The van der Waals surface area contributed by atoms with Crippen molar-refractivity contribution in [2.45, 2.75) is 35.3 Å². The first-order valence-corrected chi connectivity index (χ1v) is 6.88. The van der Waals surface area contributed by atoms with Gasteiger partial charge in [-0.05, 0) is 49.4 Å². The molecule has 0 spiro atoms.